The predicted octanol–water partition coefficient (Wildman–Crippen LogP) is 1.58. The quantitative estimate of drug-likeness (QED) is 0.816. The molecular weight excluding hydrogens is 248 g/mol. The maximum atomic E-state index is 9.23. The Morgan fingerprint density at radius 1 is 1.22 bits per heavy atom. The van der Waals surface area contributed by atoms with E-state index in [0.29, 0.717) is 11.5 Å². The number of hydrogen-bond acceptors (Lipinski definition) is 5. The van der Waals surface area contributed by atoms with Crippen molar-refractivity contribution in [1.82, 2.24) is 9.97 Å². The zero-order valence-corrected chi connectivity index (χ0v) is 10.6. The van der Waals surface area contributed by atoms with E-state index in [9.17, 15) is 5.11 Å². The highest BCUT2D eigenvalue weighted by Gasteiger charge is 2.06. The zero-order chi connectivity index (χ0) is 13.1. The number of aromatic hydroxyl groups is 1. The molecule has 0 saturated heterocycles. The molecule has 0 spiro atoms. The lowest BCUT2D eigenvalue weighted by molar-refractivity contribution is 0.475. The first-order chi connectivity index (χ1) is 8.58. The van der Waals surface area contributed by atoms with E-state index < -0.39 is 0 Å². The van der Waals surface area contributed by atoms with Crippen LogP contribution in [0.5, 0.6) is 5.75 Å². The summed E-state index contributed by atoms with van der Waals surface area (Å²) in [4.78, 5) is 10.4. The topological polar surface area (TPSA) is 75.3 Å². The maximum Gasteiger partial charge on any atom is 0.151 e. The normalized spacial score (nSPS) is 10.1. The van der Waals surface area contributed by atoms with Gasteiger partial charge in [-0.3, -0.25) is 0 Å². The molecule has 0 fully saturated rings. The molecule has 92 valence electrons. The van der Waals surface area contributed by atoms with Gasteiger partial charge < -0.3 is 15.7 Å². The minimum Gasteiger partial charge on any atom is -0.508 e. The van der Waals surface area contributed by atoms with Crippen LogP contribution < -0.4 is 10.6 Å². The van der Waals surface area contributed by atoms with Crippen molar-refractivity contribution < 1.29 is 5.11 Å². The third-order valence-corrected chi connectivity index (χ3v) is 2.68. The zero-order valence-electron chi connectivity index (χ0n) is 9.74. The Bertz CT molecular complexity index is 553. The molecule has 3 N–H and O–H groups in total. The summed E-state index contributed by atoms with van der Waals surface area (Å²) in [5.74, 6) is 0.891. The molecule has 5 nitrogen and oxygen atoms in total. The summed E-state index contributed by atoms with van der Waals surface area (Å²) in [5, 5.41) is 9.23. The number of thiocarbonyl (C=S) groups is 1. The molecule has 18 heavy (non-hydrogen) atoms. The van der Waals surface area contributed by atoms with Gasteiger partial charge in [0.1, 0.15) is 16.4 Å². The molecule has 0 amide bonds. The van der Waals surface area contributed by atoms with Gasteiger partial charge in [0.25, 0.3) is 0 Å². The van der Waals surface area contributed by atoms with Gasteiger partial charge in [-0.2, -0.15) is 0 Å². The molecule has 0 aliphatic heterocycles. The lowest BCUT2D eigenvalue weighted by Gasteiger charge is -2.17. The van der Waals surface area contributed by atoms with Crippen LogP contribution in [0.3, 0.4) is 0 Å². The van der Waals surface area contributed by atoms with Crippen LogP contribution in [-0.2, 0) is 0 Å². The third kappa shape index (κ3) is 2.54. The number of phenols is 1. The van der Waals surface area contributed by atoms with E-state index in [1.54, 1.807) is 30.5 Å². The largest absolute Gasteiger partial charge is 0.508 e. The van der Waals surface area contributed by atoms with Gasteiger partial charge in [0, 0.05) is 12.7 Å². The van der Waals surface area contributed by atoms with E-state index in [2.05, 4.69) is 9.97 Å². The summed E-state index contributed by atoms with van der Waals surface area (Å²) in [6.45, 7) is 0. The molecule has 2 rings (SSSR count). The van der Waals surface area contributed by atoms with Crippen LogP contribution in [-0.4, -0.2) is 27.1 Å². The fourth-order valence-corrected chi connectivity index (χ4v) is 1.54. The molecule has 2 aromatic rings. The van der Waals surface area contributed by atoms with Crippen LogP contribution in [0.15, 0.2) is 36.7 Å². The summed E-state index contributed by atoms with van der Waals surface area (Å²) < 4.78 is 0. The molecule has 0 bridgehead atoms. The molecule has 6 heteroatoms. The third-order valence-electron chi connectivity index (χ3n) is 2.47. The number of phenolic OH excluding ortho intramolecular Hbond substituents is 1. The number of nitrogens with two attached hydrogens (primary N) is 1. The highest BCUT2D eigenvalue weighted by atomic mass is 32.1. The van der Waals surface area contributed by atoms with Crippen LogP contribution in [0.1, 0.15) is 5.69 Å². The van der Waals surface area contributed by atoms with Crippen molar-refractivity contribution >= 4 is 28.7 Å². The van der Waals surface area contributed by atoms with Crippen molar-refractivity contribution in [3.05, 3.63) is 42.4 Å². The Morgan fingerprint density at radius 3 is 2.39 bits per heavy atom. The number of rotatable bonds is 3. The summed E-state index contributed by atoms with van der Waals surface area (Å²) in [6.07, 6.45) is 3.13. The first-order valence-electron chi connectivity index (χ1n) is 5.22. The lowest BCUT2D eigenvalue weighted by Crippen LogP contribution is -2.15. The molecular formula is C12H12N4OS. The molecule has 0 unspecified atom stereocenters. The number of benzene rings is 1. The smallest absolute Gasteiger partial charge is 0.151 e. The van der Waals surface area contributed by atoms with Crippen molar-refractivity contribution in [2.45, 2.75) is 0 Å². The standard InChI is InChI=1S/C12H12N4OS/c1-16(8-2-4-9(17)5-3-8)11-7-14-10(6-15-11)12(13)18/h2-7,17H,1H3,(H2,13,18). The van der Waals surface area contributed by atoms with Gasteiger partial charge in [0.15, 0.2) is 5.82 Å². The molecule has 1 heterocycles. The number of nitrogens with zero attached hydrogens (tertiary/aromatic N) is 3. The summed E-state index contributed by atoms with van der Waals surface area (Å²) in [7, 11) is 1.86. The van der Waals surface area contributed by atoms with E-state index in [-0.39, 0.29) is 10.7 Å². The average molecular weight is 260 g/mol. The molecule has 1 aromatic heterocycles. The molecule has 0 radical (unpaired) electrons. The van der Waals surface area contributed by atoms with Crippen molar-refractivity contribution in [2.75, 3.05) is 11.9 Å². The van der Waals surface area contributed by atoms with Crippen LogP contribution in [0.4, 0.5) is 11.5 Å². The minimum atomic E-state index is 0.223. The molecule has 0 aliphatic rings. The molecule has 0 saturated carbocycles. The monoisotopic (exact) mass is 260 g/mol. The van der Waals surface area contributed by atoms with Crippen LogP contribution in [0, 0.1) is 0 Å². The Morgan fingerprint density at radius 2 is 1.89 bits per heavy atom. The Hall–Kier alpha value is -2.21. The van der Waals surface area contributed by atoms with Crippen molar-refractivity contribution in [3.63, 3.8) is 0 Å². The highest BCUT2D eigenvalue weighted by Crippen LogP contribution is 2.22. The lowest BCUT2D eigenvalue weighted by atomic mass is 10.3. The second-order valence-corrected chi connectivity index (χ2v) is 4.14. The second-order valence-electron chi connectivity index (χ2n) is 3.70. The Labute approximate surface area is 110 Å². The molecule has 1 aromatic carbocycles. The van der Waals surface area contributed by atoms with Crippen molar-refractivity contribution in [2.24, 2.45) is 5.73 Å². The molecule has 0 atom stereocenters. The van der Waals surface area contributed by atoms with Gasteiger partial charge in [0.2, 0.25) is 0 Å². The number of anilines is 2. The first-order valence-corrected chi connectivity index (χ1v) is 5.63. The fourth-order valence-electron chi connectivity index (χ4n) is 1.43. The van der Waals surface area contributed by atoms with E-state index >= 15 is 0 Å². The van der Waals surface area contributed by atoms with Crippen molar-refractivity contribution in [1.29, 1.82) is 0 Å². The van der Waals surface area contributed by atoms with Gasteiger partial charge in [-0.15, -0.1) is 0 Å². The van der Waals surface area contributed by atoms with E-state index in [1.807, 2.05) is 11.9 Å². The van der Waals surface area contributed by atoms with E-state index in [0.717, 1.165) is 5.69 Å². The average Bonchev–Trinajstić information content (AvgIpc) is 2.39. The van der Waals surface area contributed by atoms with Crippen molar-refractivity contribution in [3.8, 4) is 5.75 Å². The van der Waals surface area contributed by atoms with Gasteiger partial charge in [-0.1, -0.05) is 12.2 Å². The number of hydrogen-bond donors (Lipinski definition) is 2. The van der Waals surface area contributed by atoms with E-state index in [1.165, 1.54) is 6.20 Å². The summed E-state index contributed by atoms with van der Waals surface area (Å²) in [5.41, 5.74) is 6.84. The summed E-state index contributed by atoms with van der Waals surface area (Å²) in [6, 6.07) is 6.81. The first kappa shape index (κ1) is 12.3. The highest BCUT2D eigenvalue weighted by molar-refractivity contribution is 7.80. The second kappa shape index (κ2) is 4.97. The van der Waals surface area contributed by atoms with Crippen LogP contribution >= 0.6 is 12.2 Å². The predicted molar refractivity (Wildman–Crippen MR) is 74.1 cm³/mol. The Kier molecular flexibility index (Phi) is 3.38. The van der Waals surface area contributed by atoms with Gasteiger partial charge in [-0.25, -0.2) is 9.97 Å². The maximum absolute atomic E-state index is 9.23. The molecule has 0 aliphatic carbocycles. The van der Waals surface area contributed by atoms with Gasteiger partial charge >= 0.3 is 0 Å². The minimum absolute atomic E-state index is 0.223. The number of aromatic nitrogens is 2. The fraction of sp³-hybridized carbons (Fsp3) is 0.0833. The van der Waals surface area contributed by atoms with E-state index in [4.69, 9.17) is 18.0 Å². The van der Waals surface area contributed by atoms with Crippen LogP contribution in [0.25, 0.3) is 0 Å². The van der Waals surface area contributed by atoms with Crippen LogP contribution in [0.2, 0.25) is 0 Å². The Balaban J connectivity index is 2.25. The SMILES string of the molecule is CN(c1ccc(O)cc1)c1cnc(C(N)=S)cn1. The van der Waals surface area contributed by atoms with Gasteiger partial charge in [-0.05, 0) is 24.3 Å². The summed E-state index contributed by atoms with van der Waals surface area (Å²) >= 11 is 4.81. The van der Waals surface area contributed by atoms with Gasteiger partial charge in [0.05, 0.1) is 12.4 Å².